The standard InChI is InChI=1S/C14H14N4O/c1-9-8-12(17-19-9)13-10(2)14(15)18(16-13)11-6-4-3-5-7-11/h3-8H,15H2,1-2H3. The third kappa shape index (κ3) is 1.89. The Morgan fingerprint density at radius 2 is 1.89 bits per heavy atom. The van der Waals surface area contributed by atoms with Crippen LogP contribution in [0.1, 0.15) is 11.3 Å². The fourth-order valence-electron chi connectivity index (χ4n) is 2.00. The highest BCUT2D eigenvalue weighted by molar-refractivity contribution is 5.66. The maximum absolute atomic E-state index is 6.12. The molecule has 0 aliphatic carbocycles. The van der Waals surface area contributed by atoms with Crippen LogP contribution in [-0.2, 0) is 0 Å². The molecule has 0 spiro atoms. The predicted octanol–water partition coefficient (Wildman–Crippen LogP) is 2.73. The first-order valence-electron chi connectivity index (χ1n) is 6.01. The van der Waals surface area contributed by atoms with Gasteiger partial charge in [-0.05, 0) is 26.0 Å². The highest BCUT2D eigenvalue weighted by atomic mass is 16.5. The highest BCUT2D eigenvalue weighted by Gasteiger charge is 2.17. The van der Waals surface area contributed by atoms with Crippen LogP contribution in [0.15, 0.2) is 40.9 Å². The molecule has 2 heterocycles. The van der Waals surface area contributed by atoms with Gasteiger partial charge in [0.15, 0.2) is 0 Å². The van der Waals surface area contributed by atoms with Crippen molar-refractivity contribution in [1.29, 1.82) is 0 Å². The number of aryl methyl sites for hydroxylation is 1. The van der Waals surface area contributed by atoms with Gasteiger partial charge in [-0.2, -0.15) is 5.10 Å². The topological polar surface area (TPSA) is 69.9 Å². The summed E-state index contributed by atoms with van der Waals surface area (Å²) in [5.74, 6) is 1.36. The van der Waals surface area contributed by atoms with Crippen LogP contribution in [0.5, 0.6) is 0 Å². The van der Waals surface area contributed by atoms with Gasteiger partial charge in [-0.3, -0.25) is 0 Å². The Morgan fingerprint density at radius 3 is 2.53 bits per heavy atom. The lowest BCUT2D eigenvalue weighted by atomic mass is 10.2. The largest absolute Gasteiger partial charge is 0.383 e. The van der Waals surface area contributed by atoms with Gasteiger partial charge in [-0.15, -0.1) is 0 Å². The zero-order chi connectivity index (χ0) is 13.4. The summed E-state index contributed by atoms with van der Waals surface area (Å²) in [6, 6.07) is 11.6. The van der Waals surface area contributed by atoms with Crippen molar-refractivity contribution in [1.82, 2.24) is 14.9 Å². The summed E-state index contributed by atoms with van der Waals surface area (Å²) in [6.45, 7) is 3.78. The monoisotopic (exact) mass is 254 g/mol. The van der Waals surface area contributed by atoms with Crippen molar-refractivity contribution in [2.24, 2.45) is 0 Å². The van der Waals surface area contributed by atoms with Crippen LogP contribution in [-0.4, -0.2) is 14.9 Å². The summed E-state index contributed by atoms with van der Waals surface area (Å²) < 4.78 is 6.81. The van der Waals surface area contributed by atoms with Crippen LogP contribution < -0.4 is 5.73 Å². The molecule has 2 N–H and O–H groups in total. The van der Waals surface area contributed by atoms with Gasteiger partial charge in [-0.1, -0.05) is 23.4 Å². The number of rotatable bonds is 2. The van der Waals surface area contributed by atoms with Gasteiger partial charge in [0.1, 0.15) is 23.0 Å². The number of hydrogen-bond acceptors (Lipinski definition) is 4. The lowest BCUT2D eigenvalue weighted by Gasteiger charge is -2.02. The summed E-state index contributed by atoms with van der Waals surface area (Å²) in [6.07, 6.45) is 0. The van der Waals surface area contributed by atoms with Gasteiger partial charge in [0.25, 0.3) is 0 Å². The summed E-state index contributed by atoms with van der Waals surface area (Å²) >= 11 is 0. The fourth-order valence-corrected chi connectivity index (χ4v) is 2.00. The third-order valence-electron chi connectivity index (χ3n) is 3.04. The van der Waals surface area contributed by atoms with Crippen molar-refractivity contribution in [2.75, 3.05) is 5.73 Å². The zero-order valence-electron chi connectivity index (χ0n) is 10.8. The lowest BCUT2D eigenvalue weighted by molar-refractivity contribution is 0.399. The summed E-state index contributed by atoms with van der Waals surface area (Å²) in [4.78, 5) is 0. The van der Waals surface area contributed by atoms with E-state index in [1.165, 1.54) is 0 Å². The van der Waals surface area contributed by atoms with Crippen LogP contribution in [0.3, 0.4) is 0 Å². The Labute approximate surface area is 110 Å². The van der Waals surface area contributed by atoms with Crippen molar-refractivity contribution in [3.05, 3.63) is 47.7 Å². The van der Waals surface area contributed by atoms with E-state index >= 15 is 0 Å². The number of benzene rings is 1. The van der Waals surface area contributed by atoms with Gasteiger partial charge < -0.3 is 10.3 Å². The van der Waals surface area contributed by atoms with E-state index in [1.807, 2.05) is 50.2 Å². The second-order valence-corrected chi connectivity index (χ2v) is 4.43. The van der Waals surface area contributed by atoms with Crippen molar-refractivity contribution in [2.45, 2.75) is 13.8 Å². The van der Waals surface area contributed by atoms with Gasteiger partial charge in [0.05, 0.1) is 5.69 Å². The normalized spacial score (nSPS) is 10.8. The minimum absolute atomic E-state index is 0.613. The van der Waals surface area contributed by atoms with E-state index < -0.39 is 0 Å². The second kappa shape index (κ2) is 4.28. The summed E-state index contributed by atoms with van der Waals surface area (Å²) in [5, 5.41) is 8.52. The number of anilines is 1. The van der Waals surface area contributed by atoms with E-state index in [2.05, 4.69) is 10.3 Å². The Bertz CT molecular complexity index is 712. The predicted molar refractivity (Wildman–Crippen MR) is 72.9 cm³/mol. The number of aromatic nitrogens is 3. The summed E-state index contributed by atoms with van der Waals surface area (Å²) in [7, 11) is 0. The zero-order valence-corrected chi connectivity index (χ0v) is 10.8. The molecule has 0 saturated carbocycles. The third-order valence-corrected chi connectivity index (χ3v) is 3.04. The van der Waals surface area contributed by atoms with Crippen molar-refractivity contribution < 1.29 is 4.52 Å². The van der Waals surface area contributed by atoms with Crippen molar-refractivity contribution >= 4 is 5.82 Å². The number of hydrogen-bond donors (Lipinski definition) is 1. The van der Waals surface area contributed by atoms with Crippen LogP contribution in [0.4, 0.5) is 5.82 Å². The lowest BCUT2D eigenvalue weighted by Crippen LogP contribution is -2.01. The van der Waals surface area contributed by atoms with Crippen LogP contribution in [0.25, 0.3) is 17.1 Å². The molecular weight excluding hydrogens is 240 g/mol. The van der Waals surface area contributed by atoms with Crippen molar-refractivity contribution in [3.63, 3.8) is 0 Å². The first-order valence-corrected chi connectivity index (χ1v) is 6.01. The smallest absolute Gasteiger partial charge is 0.134 e. The molecule has 0 unspecified atom stereocenters. The number of nitrogen functional groups attached to an aromatic ring is 1. The molecule has 0 radical (unpaired) electrons. The Morgan fingerprint density at radius 1 is 1.16 bits per heavy atom. The Hall–Kier alpha value is -2.56. The van der Waals surface area contributed by atoms with Crippen LogP contribution in [0.2, 0.25) is 0 Å². The number of nitrogens with two attached hydrogens (primary N) is 1. The summed E-state index contributed by atoms with van der Waals surface area (Å²) in [5.41, 5.74) is 9.40. The number of para-hydroxylation sites is 1. The molecule has 5 heteroatoms. The molecule has 0 amide bonds. The molecular formula is C14H14N4O. The average Bonchev–Trinajstić information content (AvgIpc) is 2.97. The molecule has 5 nitrogen and oxygen atoms in total. The molecule has 0 aliphatic heterocycles. The molecule has 0 bridgehead atoms. The van der Waals surface area contributed by atoms with Gasteiger partial charge in [0.2, 0.25) is 0 Å². The van der Waals surface area contributed by atoms with E-state index in [4.69, 9.17) is 10.3 Å². The molecule has 3 rings (SSSR count). The SMILES string of the molecule is Cc1cc(-c2nn(-c3ccccc3)c(N)c2C)no1. The molecule has 1 aromatic carbocycles. The van der Waals surface area contributed by atoms with E-state index in [0.29, 0.717) is 11.5 Å². The van der Waals surface area contributed by atoms with E-state index in [0.717, 1.165) is 22.7 Å². The molecule has 0 fully saturated rings. The first-order chi connectivity index (χ1) is 9.16. The maximum atomic E-state index is 6.12. The van der Waals surface area contributed by atoms with Crippen molar-refractivity contribution in [3.8, 4) is 17.1 Å². The minimum Gasteiger partial charge on any atom is -0.383 e. The molecule has 2 aromatic heterocycles. The molecule has 0 aliphatic rings. The van der Waals surface area contributed by atoms with E-state index in [1.54, 1.807) is 4.68 Å². The quantitative estimate of drug-likeness (QED) is 0.763. The Kier molecular flexibility index (Phi) is 2.59. The molecule has 3 aromatic rings. The molecule has 0 saturated heterocycles. The number of nitrogens with zero attached hydrogens (tertiary/aromatic N) is 3. The van der Waals surface area contributed by atoms with Gasteiger partial charge in [0, 0.05) is 11.6 Å². The average molecular weight is 254 g/mol. The highest BCUT2D eigenvalue weighted by Crippen LogP contribution is 2.27. The second-order valence-electron chi connectivity index (χ2n) is 4.43. The first kappa shape index (κ1) is 11.5. The van der Waals surface area contributed by atoms with Gasteiger partial charge in [-0.25, -0.2) is 4.68 Å². The molecule has 96 valence electrons. The fraction of sp³-hybridized carbons (Fsp3) is 0.143. The minimum atomic E-state index is 0.613. The van der Waals surface area contributed by atoms with Gasteiger partial charge >= 0.3 is 0 Å². The molecule has 0 atom stereocenters. The van der Waals surface area contributed by atoms with E-state index in [9.17, 15) is 0 Å². The van der Waals surface area contributed by atoms with Crippen LogP contribution >= 0.6 is 0 Å². The maximum Gasteiger partial charge on any atom is 0.134 e. The van der Waals surface area contributed by atoms with E-state index in [-0.39, 0.29) is 0 Å². The van der Waals surface area contributed by atoms with Crippen LogP contribution in [0, 0.1) is 13.8 Å². The molecule has 19 heavy (non-hydrogen) atoms. The Balaban J connectivity index is 2.15.